The maximum absolute atomic E-state index is 12.5. The minimum atomic E-state index is -0.426. The third-order valence-electron chi connectivity index (χ3n) is 4.22. The number of ether oxygens (including phenoxy) is 1. The summed E-state index contributed by atoms with van der Waals surface area (Å²) in [6, 6.07) is 10.7. The molecular formula is C20H21N3O3S. The van der Waals surface area contributed by atoms with Crippen LogP contribution in [-0.4, -0.2) is 28.4 Å². The molecule has 0 saturated carbocycles. The van der Waals surface area contributed by atoms with E-state index in [9.17, 15) is 9.59 Å². The third-order valence-corrected chi connectivity index (χ3v) is 5.14. The van der Waals surface area contributed by atoms with Gasteiger partial charge in [-0.3, -0.25) is 9.59 Å². The van der Waals surface area contributed by atoms with Crippen LogP contribution in [0, 0.1) is 0 Å². The lowest BCUT2D eigenvalue weighted by Crippen LogP contribution is -2.31. The monoisotopic (exact) mass is 383 g/mol. The Kier molecular flexibility index (Phi) is 6.03. The topological polar surface area (TPSA) is 73.2 Å². The molecule has 3 aromatic rings. The van der Waals surface area contributed by atoms with Crippen molar-refractivity contribution in [3.05, 3.63) is 70.4 Å². The zero-order chi connectivity index (χ0) is 19.2. The Bertz CT molecular complexity index is 918. The lowest BCUT2D eigenvalue weighted by Gasteiger charge is -2.19. The quantitative estimate of drug-likeness (QED) is 0.606. The first-order valence-corrected chi connectivity index (χ1v) is 9.43. The molecule has 0 aliphatic carbocycles. The summed E-state index contributed by atoms with van der Waals surface area (Å²) in [5.41, 5.74) is 0.863. The molecule has 2 heterocycles. The lowest BCUT2D eigenvalue weighted by molar-refractivity contribution is -0.121. The van der Waals surface area contributed by atoms with Crippen LogP contribution in [0.2, 0.25) is 0 Å². The summed E-state index contributed by atoms with van der Waals surface area (Å²) < 4.78 is 7.16. The van der Waals surface area contributed by atoms with Crippen molar-refractivity contribution >= 4 is 23.0 Å². The molecule has 1 aromatic carbocycles. The van der Waals surface area contributed by atoms with Crippen molar-refractivity contribution in [2.24, 2.45) is 7.05 Å². The molecule has 0 saturated heterocycles. The molecule has 1 unspecified atom stereocenters. The molecule has 140 valence electrons. The van der Waals surface area contributed by atoms with Gasteiger partial charge in [0, 0.05) is 32.3 Å². The van der Waals surface area contributed by atoms with Crippen LogP contribution in [0.15, 0.2) is 54.2 Å². The predicted octanol–water partition coefficient (Wildman–Crippen LogP) is 3.36. The van der Waals surface area contributed by atoms with Gasteiger partial charge in [0.15, 0.2) is 5.78 Å². The van der Waals surface area contributed by atoms with Gasteiger partial charge in [0.1, 0.15) is 17.6 Å². The predicted molar refractivity (Wildman–Crippen MR) is 104 cm³/mol. The number of imidazole rings is 1. The molecule has 1 amide bonds. The fourth-order valence-electron chi connectivity index (χ4n) is 2.79. The van der Waals surface area contributed by atoms with E-state index in [0.29, 0.717) is 16.5 Å². The molecule has 0 fully saturated rings. The SMILES string of the molecule is COc1cccc(C(NC(=O)CCC(=O)c2cccs2)c2nccn2C)c1. The van der Waals surface area contributed by atoms with Crippen molar-refractivity contribution in [3.8, 4) is 5.75 Å². The number of aryl methyl sites for hydroxylation is 1. The first-order valence-electron chi connectivity index (χ1n) is 8.55. The number of carbonyl (C=O) groups excluding carboxylic acids is 2. The summed E-state index contributed by atoms with van der Waals surface area (Å²) in [7, 11) is 3.48. The van der Waals surface area contributed by atoms with Gasteiger partial charge in [-0.2, -0.15) is 0 Å². The van der Waals surface area contributed by atoms with Gasteiger partial charge in [-0.05, 0) is 29.1 Å². The second kappa shape index (κ2) is 8.64. The highest BCUT2D eigenvalue weighted by Crippen LogP contribution is 2.24. The molecule has 0 aliphatic rings. The summed E-state index contributed by atoms with van der Waals surface area (Å²) >= 11 is 1.39. The Morgan fingerprint density at radius 2 is 2.11 bits per heavy atom. The summed E-state index contributed by atoms with van der Waals surface area (Å²) in [4.78, 5) is 29.7. The average Bonchev–Trinajstić information content (AvgIpc) is 3.36. The van der Waals surface area contributed by atoms with Crippen LogP contribution in [0.1, 0.15) is 39.9 Å². The Morgan fingerprint density at radius 3 is 2.78 bits per heavy atom. The fourth-order valence-corrected chi connectivity index (χ4v) is 3.49. The number of nitrogens with one attached hydrogen (secondary N) is 1. The molecule has 3 rings (SSSR count). The fraction of sp³-hybridized carbons (Fsp3) is 0.250. The molecule has 27 heavy (non-hydrogen) atoms. The summed E-state index contributed by atoms with van der Waals surface area (Å²) in [5, 5.41) is 4.86. The van der Waals surface area contributed by atoms with Gasteiger partial charge < -0.3 is 14.6 Å². The first kappa shape index (κ1) is 18.8. The standard InChI is InChI=1S/C20H21N3O3S/c1-23-11-10-21-20(23)19(14-5-3-6-15(13-14)26-2)22-18(25)9-8-16(24)17-7-4-12-27-17/h3-7,10-13,19H,8-9H2,1-2H3,(H,22,25). The molecule has 7 heteroatoms. The first-order chi connectivity index (χ1) is 13.1. The number of thiophene rings is 1. The van der Waals surface area contributed by atoms with E-state index in [1.165, 1.54) is 11.3 Å². The summed E-state index contributed by atoms with van der Waals surface area (Å²) in [6.07, 6.45) is 3.82. The molecule has 0 bridgehead atoms. The summed E-state index contributed by atoms with van der Waals surface area (Å²) in [6.45, 7) is 0. The second-order valence-electron chi connectivity index (χ2n) is 6.07. The Labute approximate surface area is 161 Å². The van der Waals surface area contributed by atoms with Gasteiger partial charge in [-0.25, -0.2) is 4.98 Å². The van der Waals surface area contributed by atoms with Gasteiger partial charge in [0.2, 0.25) is 5.91 Å². The van der Waals surface area contributed by atoms with Crippen molar-refractivity contribution in [1.29, 1.82) is 0 Å². The van der Waals surface area contributed by atoms with E-state index in [0.717, 1.165) is 5.56 Å². The molecule has 6 nitrogen and oxygen atoms in total. The molecular weight excluding hydrogens is 362 g/mol. The maximum Gasteiger partial charge on any atom is 0.221 e. The van der Waals surface area contributed by atoms with Crippen molar-refractivity contribution in [1.82, 2.24) is 14.9 Å². The van der Waals surface area contributed by atoms with Gasteiger partial charge in [0.25, 0.3) is 0 Å². The molecule has 0 radical (unpaired) electrons. The van der Waals surface area contributed by atoms with E-state index < -0.39 is 6.04 Å². The normalized spacial score (nSPS) is 11.8. The number of hydrogen-bond donors (Lipinski definition) is 1. The van der Waals surface area contributed by atoms with Crippen molar-refractivity contribution in [3.63, 3.8) is 0 Å². The highest BCUT2D eigenvalue weighted by atomic mass is 32.1. The summed E-state index contributed by atoms with van der Waals surface area (Å²) in [5.74, 6) is 1.20. The number of aromatic nitrogens is 2. The van der Waals surface area contributed by atoms with E-state index >= 15 is 0 Å². The lowest BCUT2D eigenvalue weighted by atomic mass is 10.0. The van der Waals surface area contributed by atoms with Crippen LogP contribution >= 0.6 is 11.3 Å². The molecule has 1 atom stereocenters. The van der Waals surface area contributed by atoms with Crippen LogP contribution in [0.3, 0.4) is 0 Å². The number of carbonyl (C=O) groups is 2. The zero-order valence-corrected chi connectivity index (χ0v) is 16.0. The van der Waals surface area contributed by atoms with Gasteiger partial charge in [-0.15, -0.1) is 11.3 Å². The number of benzene rings is 1. The third kappa shape index (κ3) is 4.62. The van der Waals surface area contributed by atoms with Crippen LogP contribution in [0.5, 0.6) is 5.75 Å². The molecule has 0 aliphatic heterocycles. The second-order valence-corrected chi connectivity index (χ2v) is 7.02. The molecule has 2 aromatic heterocycles. The Balaban J connectivity index is 1.74. The number of hydrogen-bond acceptors (Lipinski definition) is 5. The van der Waals surface area contributed by atoms with Crippen LogP contribution in [-0.2, 0) is 11.8 Å². The number of rotatable bonds is 8. The van der Waals surface area contributed by atoms with Crippen LogP contribution in [0.25, 0.3) is 0 Å². The average molecular weight is 383 g/mol. The number of methoxy groups -OCH3 is 1. The Hall–Kier alpha value is -2.93. The van der Waals surface area contributed by atoms with Crippen LogP contribution in [0.4, 0.5) is 0 Å². The highest BCUT2D eigenvalue weighted by Gasteiger charge is 2.21. The smallest absolute Gasteiger partial charge is 0.221 e. The van der Waals surface area contributed by atoms with Crippen molar-refractivity contribution < 1.29 is 14.3 Å². The van der Waals surface area contributed by atoms with E-state index in [4.69, 9.17) is 4.74 Å². The van der Waals surface area contributed by atoms with E-state index in [1.807, 2.05) is 53.5 Å². The number of Topliss-reactive ketones (excluding diaryl/α,β-unsaturated/α-hetero) is 1. The Morgan fingerprint density at radius 1 is 1.26 bits per heavy atom. The van der Waals surface area contributed by atoms with Crippen molar-refractivity contribution in [2.45, 2.75) is 18.9 Å². The van der Waals surface area contributed by atoms with E-state index in [1.54, 1.807) is 19.4 Å². The largest absolute Gasteiger partial charge is 0.497 e. The number of nitrogens with zero attached hydrogens (tertiary/aromatic N) is 2. The number of amides is 1. The van der Waals surface area contributed by atoms with Gasteiger partial charge in [0.05, 0.1) is 12.0 Å². The zero-order valence-electron chi connectivity index (χ0n) is 15.2. The minimum absolute atomic E-state index is 0.0185. The van der Waals surface area contributed by atoms with Gasteiger partial charge >= 0.3 is 0 Å². The highest BCUT2D eigenvalue weighted by molar-refractivity contribution is 7.12. The maximum atomic E-state index is 12.5. The number of ketones is 1. The van der Waals surface area contributed by atoms with Crippen molar-refractivity contribution in [2.75, 3.05) is 7.11 Å². The minimum Gasteiger partial charge on any atom is -0.497 e. The van der Waals surface area contributed by atoms with E-state index in [-0.39, 0.29) is 24.5 Å². The molecule has 1 N–H and O–H groups in total. The van der Waals surface area contributed by atoms with Gasteiger partial charge in [-0.1, -0.05) is 18.2 Å². The van der Waals surface area contributed by atoms with Crippen LogP contribution < -0.4 is 10.1 Å². The van der Waals surface area contributed by atoms with E-state index in [2.05, 4.69) is 10.3 Å². The molecule has 0 spiro atoms.